The molecule has 1 heterocycles. The first-order chi connectivity index (χ1) is 23.2. The van der Waals surface area contributed by atoms with Gasteiger partial charge in [-0.3, -0.25) is 4.99 Å². The van der Waals surface area contributed by atoms with Crippen molar-refractivity contribution in [3.8, 4) is 11.1 Å². The molecule has 0 saturated carbocycles. The van der Waals surface area contributed by atoms with Gasteiger partial charge in [0.2, 0.25) is 0 Å². The molecule has 1 atom stereocenters. The summed E-state index contributed by atoms with van der Waals surface area (Å²) in [5.41, 5.74) is 15.0. The third kappa shape index (κ3) is 5.66. The second-order valence-electron chi connectivity index (χ2n) is 11.9. The lowest BCUT2D eigenvalue weighted by Gasteiger charge is -2.17. The molecule has 1 aliphatic carbocycles. The van der Waals surface area contributed by atoms with Crippen molar-refractivity contribution in [3.05, 3.63) is 180 Å². The van der Waals surface area contributed by atoms with Crippen molar-refractivity contribution >= 4 is 44.4 Å². The maximum absolute atomic E-state index is 6.95. The largest absolute Gasteiger partial charge is 0.456 e. The first-order valence-corrected chi connectivity index (χ1v) is 16.0. The van der Waals surface area contributed by atoms with Gasteiger partial charge < -0.3 is 10.2 Å². The smallest absolute Gasteiger partial charge is 0.156 e. The zero-order valence-corrected chi connectivity index (χ0v) is 25.9. The van der Waals surface area contributed by atoms with Crippen molar-refractivity contribution in [3.63, 3.8) is 0 Å². The predicted octanol–water partition coefficient (Wildman–Crippen LogP) is 10.4. The van der Waals surface area contributed by atoms with Crippen molar-refractivity contribution in [2.45, 2.75) is 18.9 Å². The normalized spacial score (nSPS) is 15.4. The topological polar surface area (TPSA) is 63.9 Å². The number of allylic oxidation sites excluding steroid dienone is 2. The second kappa shape index (κ2) is 12.4. The van der Waals surface area contributed by atoms with Gasteiger partial charge >= 0.3 is 0 Å². The third-order valence-electron chi connectivity index (χ3n) is 8.92. The zero-order chi connectivity index (χ0) is 31.6. The number of furan rings is 1. The molecule has 1 aliphatic rings. The van der Waals surface area contributed by atoms with E-state index in [2.05, 4.69) is 121 Å². The number of benzene rings is 6. The number of rotatable bonds is 6. The van der Waals surface area contributed by atoms with E-state index in [-0.39, 0.29) is 0 Å². The van der Waals surface area contributed by atoms with Crippen LogP contribution in [0.4, 0.5) is 0 Å². The van der Waals surface area contributed by atoms with E-state index in [1.807, 2.05) is 36.4 Å². The molecule has 0 saturated heterocycles. The van der Waals surface area contributed by atoms with Gasteiger partial charge in [0.05, 0.1) is 6.54 Å². The van der Waals surface area contributed by atoms with Gasteiger partial charge in [-0.1, -0.05) is 140 Å². The molecule has 0 radical (unpaired) electrons. The Kier molecular flexibility index (Phi) is 7.52. The quantitative estimate of drug-likeness (QED) is 0.151. The highest BCUT2D eigenvalue weighted by molar-refractivity contribution is 6.23. The van der Waals surface area contributed by atoms with Crippen molar-refractivity contribution in [2.24, 2.45) is 15.7 Å². The summed E-state index contributed by atoms with van der Waals surface area (Å²) in [5, 5.41) is 4.39. The molecule has 0 amide bonds. The summed E-state index contributed by atoms with van der Waals surface area (Å²) >= 11 is 0. The lowest BCUT2D eigenvalue weighted by Crippen LogP contribution is -2.17. The lowest BCUT2D eigenvalue weighted by atomic mass is 9.90. The molecule has 4 nitrogen and oxygen atoms in total. The minimum Gasteiger partial charge on any atom is -0.456 e. The average molecular weight is 608 g/mol. The minimum absolute atomic E-state index is 0.311. The SMILES string of the molecule is NC(=NC(=NCc1ccc2ccccc2c1)C1=CCC(c2ccccc2)C=C1)c1cccc2oc3cccc(-c4ccccc4)c3c12. The predicted molar refractivity (Wildman–Crippen MR) is 196 cm³/mol. The molecule has 8 rings (SSSR count). The molecule has 0 aliphatic heterocycles. The fourth-order valence-electron chi connectivity index (χ4n) is 6.54. The van der Waals surface area contributed by atoms with E-state index in [4.69, 9.17) is 20.1 Å². The highest BCUT2D eigenvalue weighted by atomic mass is 16.3. The molecule has 6 aromatic carbocycles. The van der Waals surface area contributed by atoms with E-state index in [9.17, 15) is 0 Å². The monoisotopic (exact) mass is 607 g/mol. The summed E-state index contributed by atoms with van der Waals surface area (Å²) in [7, 11) is 0. The number of hydrogen-bond acceptors (Lipinski definition) is 2. The third-order valence-corrected chi connectivity index (χ3v) is 8.92. The Labute approximate surface area is 273 Å². The van der Waals surface area contributed by atoms with Crippen LogP contribution in [-0.4, -0.2) is 11.7 Å². The lowest BCUT2D eigenvalue weighted by molar-refractivity contribution is 0.669. The number of hydrogen-bond donors (Lipinski definition) is 1. The van der Waals surface area contributed by atoms with E-state index in [0.29, 0.717) is 24.1 Å². The molecule has 0 spiro atoms. The molecule has 7 aromatic rings. The van der Waals surface area contributed by atoms with Gasteiger partial charge in [-0.05, 0) is 57.6 Å². The standard InChI is InChI=1S/C43H33N3O/c44-42(37-18-10-20-39-41(37)40-36(17-9-19-38(40)47-39)33-14-5-2-6-15-33)46-43(34-25-23-32(24-26-34)30-11-3-1-4-12-30)45-28-29-21-22-31-13-7-8-16-35(31)27-29/h1-23,25-27,32H,24,28H2,(H2,44,45,46). The van der Waals surface area contributed by atoms with Crippen molar-refractivity contribution in [1.82, 2.24) is 0 Å². The molecule has 1 aromatic heterocycles. The number of nitrogens with two attached hydrogens (primary N) is 1. The minimum atomic E-state index is 0.311. The Hall–Kier alpha value is -6.00. The first kappa shape index (κ1) is 28.5. The van der Waals surface area contributed by atoms with Crippen LogP contribution in [0.3, 0.4) is 0 Å². The number of nitrogens with zero attached hydrogens (tertiary/aromatic N) is 2. The summed E-state index contributed by atoms with van der Waals surface area (Å²) < 4.78 is 6.36. The summed E-state index contributed by atoms with van der Waals surface area (Å²) in [4.78, 5) is 10.2. The zero-order valence-electron chi connectivity index (χ0n) is 25.9. The van der Waals surface area contributed by atoms with Crippen LogP contribution in [0.5, 0.6) is 0 Å². The van der Waals surface area contributed by atoms with Crippen LogP contribution < -0.4 is 5.73 Å². The molecule has 226 valence electrons. The van der Waals surface area contributed by atoms with E-state index in [1.54, 1.807) is 0 Å². The van der Waals surface area contributed by atoms with Crippen molar-refractivity contribution in [2.75, 3.05) is 0 Å². The Bertz CT molecular complexity index is 2360. The van der Waals surface area contributed by atoms with Gasteiger partial charge in [-0.2, -0.15) is 0 Å². The van der Waals surface area contributed by atoms with Crippen LogP contribution in [0.1, 0.15) is 29.0 Å². The first-order valence-electron chi connectivity index (χ1n) is 16.0. The van der Waals surface area contributed by atoms with E-state index < -0.39 is 0 Å². The van der Waals surface area contributed by atoms with Gasteiger partial charge in [-0.15, -0.1) is 0 Å². The Morgan fingerprint density at radius 2 is 1.43 bits per heavy atom. The molecule has 0 fully saturated rings. The van der Waals surface area contributed by atoms with Crippen LogP contribution in [0.2, 0.25) is 0 Å². The van der Waals surface area contributed by atoms with Crippen LogP contribution in [0, 0.1) is 0 Å². The van der Waals surface area contributed by atoms with Gasteiger partial charge in [-0.25, -0.2) is 4.99 Å². The summed E-state index contributed by atoms with van der Waals surface area (Å²) in [5.74, 6) is 1.33. The maximum Gasteiger partial charge on any atom is 0.156 e. The fraction of sp³-hybridized carbons (Fsp3) is 0.0698. The van der Waals surface area contributed by atoms with Gasteiger partial charge in [0.25, 0.3) is 0 Å². The Morgan fingerprint density at radius 1 is 0.702 bits per heavy atom. The van der Waals surface area contributed by atoms with Gasteiger partial charge in [0, 0.05) is 27.8 Å². The second-order valence-corrected chi connectivity index (χ2v) is 11.9. The highest BCUT2D eigenvalue weighted by Gasteiger charge is 2.19. The molecular weight excluding hydrogens is 574 g/mol. The fourth-order valence-corrected chi connectivity index (χ4v) is 6.54. The summed E-state index contributed by atoms with van der Waals surface area (Å²) in [6.45, 7) is 0.487. The molecule has 2 N–H and O–H groups in total. The van der Waals surface area contributed by atoms with E-state index in [1.165, 1.54) is 16.3 Å². The number of fused-ring (bicyclic) bond motifs is 4. The molecule has 47 heavy (non-hydrogen) atoms. The number of aliphatic imine (C=N–C) groups is 2. The molecule has 1 unspecified atom stereocenters. The van der Waals surface area contributed by atoms with Crippen molar-refractivity contribution < 1.29 is 4.42 Å². The number of amidine groups is 2. The van der Waals surface area contributed by atoms with Gasteiger partial charge in [0.15, 0.2) is 5.84 Å². The average Bonchev–Trinajstić information content (AvgIpc) is 3.53. The summed E-state index contributed by atoms with van der Waals surface area (Å²) in [6.07, 6.45) is 7.48. The Morgan fingerprint density at radius 3 is 2.21 bits per heavy atom. The highest BCUT2D eigenvalue weighted by Crippen LogP contribution is 2.38. The van der Waals surface area contributed by atoms with Crippen LogP contribution >= 0.6 is 0 Å². The maximum atomic E-state index is 6.95. The molecular formula is C43H33N3O. The molecule has 0 bridgehead atoms. The van der Waals surface area contributed by atoms with Crippen LogP contribution in [0.25, 0.3) is 43.8 Å². The van der Waals surface area contributed by atoms with Crippen LogP contribution in [0.15, 0.2) is 178 Å². The summed E-state index contributed by atoms with van der Waals surface area (Å²) in [6, 6.07) is 48.0. The van der Waals surface area contributed by atoms with Crippen LogP contribution in [-0.2, 0) is 6.54 Å². The van der Waals surface area contributed by atoms with Crippen molar-refractivity contribution in [1.29, 1.82) is 0 Å². The van der Waals surface area contributed by atoms with E-state index in [0.717, 1.165) is 56.2 Å². The van der Waals surface area contributed by atoms with E-state index >= 15 is 0 Å². The van der Waals surface area contributed by atoms with Gasteiger partial charge in [0.1, 0.15) is 17.0 Å². The molecule has 4 heteroatoms. The Balaban J connectivity index is 1.22.